The van der Waals surface area contributed by atoms with E-state index in [1.165, 1.54) is 24.3 Å². The summed E-state index contributed by atoms with van der Waals surface area (Å²) in [4.78, 5) is 46.0. The summed E-state index contributed by atoms with van der Waals surface area (Å²) in [5, 5.41) is 6.31. The van der Waals surface area contributed by atoms with Crippen LogP contribution in [-0.2, 0) is 9.47 Å². The van der Waals surface area contributed by atoms with Crippen LogP contribution < -0.4 is 20.1 Å². The first-order chi connectivity index (χ1) is 15.4. The predicted molar refractivity (Wildman–Crippen MR) is 112 cm³/mol. The third-order valence-corrected chi connectivity index (χ3v) is 4.83. The van der Waals surface area contributed by atoms with E-state index < -0.39 is 23.9 Å². The van der Waals surface area contributed by atoms with E-state index in [1.54, 1.807) is 12.1 Å². The van der Waals surface area contributed by atoms with Gasteiger partial charge in [0.05, 0.1) is 35.3 Å². The number of thiocarbonyl (C=S) groups is 1. The molecule has 10 nitrogen and oxygen atoms in total. The molecule has 2 aliphatic rings. The number of hydrogen-bond donors (Lipinski definition) is 2. The Kier molecular flexibility index (Phi) is 5.99. The Morgan fingerprint density at radius 3 is 1.53 bits per heavy atom. The SMILES string of the molecule is O=C1OC(=O)c2cc(OCCNC(=S)NCCOc3ccc4c(c3)C(=O)OC4=O)ccc21. The zero-order valence-corrected chi connectivity index (χ0v) is 17.3. The van der Waals surface area contributed by atoms with Gasteiger partial charge in [-0.2, -0.15) is 0 Å². The third kappa shape index (κ3) is 4.52. The van der Waals surface area contributed by atoms with E-state index >= 15 is 0 Å². The quantitative estimate of drug-likeness (QED) is 0.257. The van der Waals surface area contributed by atoms with Gasteiger partial charge < -0.3 is 29.6 Å². The van der Waals surface area contributed by atoms with Gasteiger partial charge in [0, 0.05) is 0 Å². The number of rotatable bonds is 8. The predicted octanol–water partition coefficient (Wildman–Crippen LogP) is 1.23. The molecular weight excluding hydrogens is 440 g/mol. The molecule has 2 aromatic rings. The minimum Gasteiger partial charge on any atom is -0.492 e. The highest BCUT2D eigenvalue weighted by Crippen LogP contribution is 2.25. The van der Waals surface area contributed by atoms with Crippen molar-refractivity contribution >= 4 is 41.2 Å². The van der Waals surface area contributed by atoms with E-state index in [4.69, 9.17) is 21.7 Å². The number of esters is 4. The Hall–Kier alpha value is -3.99. The van der Waals surface area contributed by atoms with Gasteiger partial charge in [-0.05, 0) is 48.6 Å². The zero-order chi connectivity index (χ0) is 22.7. The van der Waals surface area contributed by atoms with Crippen LogP contribution in [0.4, 0.5) is 0 Å². The summed E-state index contributed by atoms with van der Waals surface area (Å²) in [6.07, 6.45) is 0. The Bertz CT molecular complexity index is 1060. The van der Waals surface area contributed by atoms with Crippen LogP contribution in [0, 0.1) is 0 Å². The van der Waals surface area contributed by atoms with Gasteiger partial charge in [0.2, 0.25) is 0 Å². The van der Waals surface area contributed by atoms with Gasteiger partial charge in [0.15, 0.2) is 5.11 Å². The molecule has 0 saturated carbocycles. The highest BCUT2D eigenvalue weighted by molar-refractivity contribution is 7.80. The maximum Gasteiger partial charge on any atom is 0.347 e. The summed E-state index contributed by atoms with van der Waals surface area (Å²) in [7, 11) is 0. The Labute approximate surface area is 186 Å². The van der Waals surface area contributed by atoms with Crippen LogP contribution >= 0.6 is 12.2 Å². The smallest absolute Gasteiger partial charge is 0.347 e. The van der Waals surface area contributed by atoms with Crippen LogP contribution in [0.1, 0.15) is 41.4 Å². The molecule has 0 atom stereocenters. The molecule has 0 bridgehead atoms. The van der Waals surface area contributed by atoms with Crippen LogP contribution in [0.25, 0.3) is 0 Å². The highest BCUT2D eigenvalue weighted by atomic mass is 32.1. The molecular formula is C21H16N2O8S. The number of carbonyl (C=O) groups excluding carboxylic acids is 4. The van der Waals surface area contributed by atoms with Crippen molar-refractivity contribution in [2.45, 2.75) is 0 Å². The van der Waals surface area contributed by atoms with Crippen molar-refractivity contribution in [3.05, 3.63) is 58.7 Å². The fraction of sp³-hybridized carbons (Fsp3) is 0.190. The van der Waals surface area contributed by atoms with Crippen LogP contribution in [0.3, 0.4) is 0 Å². The first-order valence-electron chi connectivity index (χ1n) is 9.51. The molecule has 164 valence electrons. The molecule has 32 heavy (non-hydrogen) atoms. The van der Waals surface area contributed by atoms with E-state index in [-0.39, 0.29) is 35.5 Å². The fourth-order valence-corrected chi connectivity index (χ4v) is 3.24. The average molecular weight is 456 g/mol. The first-order valence-corrected chi connectivity index (χ1v) is 9.91. The molecule has 0 aromatic heterocycles. The molecule has 2 aliphatic heterocycles. The number of hydrogen-bond acceptors (Lipinski definition) is 9. The lowest BCUT2D eigenvalue weighted by molar-refractivity contribution is 0.0425. The van der Waals surface area contributed by atoms with Gasteiger partial charge in [0.25, 0.3) is 0 Å². The molecule has 0 saturated heterocycles. The van der Waals surface area contributed by atoms with Gasteiger partial charge in [-0.3, -0.25) is 0 Å². The van der Waals surface area contributed by atoms with E-state index in [0.717, 1.165) is 0 Å². The van der Waals surface area contributed by atoms with Crippen molar-refractivity contribution in [3.63, 3.8) is 0 Å². The fourth-order valence-electron chi connectivity index (χ4n) is 3.04. The van der Waals surface area contributed by atoms with Gasteiger partial charge in [0.1, 0.15) is 24.7 Å². The highest BCUT2D eigenvalue weighted by Gasteiger charge is 2.30. The summed E-state index contributed by atoms with van der Waals surface area (Å²) in [5.41, 5.74) is 0.816. The van der Waals surface area contributed by atoms with Gasteiger partial charge in [-0.15, -0.1) is 0 Å². The van der Waals surface area contributed by atoms with E-state index in [9.17, 15) is 19.2 Å². The number of benzene rings is 2. The second-order valence-electron chi connectivity index (χ2n) is 6.65. The van der Waals surface area contributed by atoms with Crippen molar-refractivity contribution in [2.75, 3.05) is 26.3 Å². The van der Waals surface area contributed by atoms with Crippen molar-refractivity contribution in [1.82, 2.24) is 10.6 Å². The molecule has 0 unspecified atom stereocenters. The van der Waals surface area contributed by atoms with E-state index in [0.29, 0.717) is 29.7 Å². The van der Waals surface area contributed by atoms with Crippen LogP contribution in [0.5, 0.6) is 11.5 Å². The van der Waals surface area contributed by atoms with Crippen molar-refractivity contribution in [1.29, 1.82) is 0 Å². The monoisotopic (exact) mass is 456 g/mol. The lowest BCUT2D eigenvalue weighted by Crippen LogP contribution is -2.39. The van der Waals surface area contributed by atoms with Gasteiger partial charge in [-0.25, -0.2) is 19.2 Å². The summed E-state index contributed by atoms with van der Waals surface area (Å²) in [6.45, 7) is 1.33. The van der Waals surface area contributed by atoms with Crippen molar-refractivity contribution < 1.29 is 38.1 Å². The number of ether oxygens (including phenoxy) is 4. The second-order valence-corrected chi connectivity index (χ2v) is 7.06. The Morgan fingerprint density at radius 1 is 0.688 bits per heavy atom. The molecule has 0 aliphatic carbocycles. The average Bonchev–Trinajstić information content (AvgIpc) is 3.22. The standard InChI is InChI=1S/C21H16N2O8S/c24-17-13-3-1-11(9-15(13)19(26)30-17)28-7-5-22-21(32)23-6-8-29-12-2-4-14-16(10-12)20(27)31-18(14)25/h1-4,9-10H,5-8H2,(H2,22,23,32). The number of carbonyl (C=O) groups is 4. The number of fused-ring (bicyclic) bond motifs is 2. The minimum absolute atomic E-state index is 0.185. The first kappa shape index (κ1) is 21.2. The number of nitrogens with one attached hydrogen (secondary N) is 2. The maximum atomic E-state index is 11.6. The molecule has 2 N–H and O–H groups in total. The second kappa shape index (κ2) is 9.02. The molecule has 2 heterocycles. The van der Waals surface area contributed by atoms with Crippen molar-refractivity contribution in [2.24, 2.45) is 0 Å². The van der Waals surface area contributed by atoms with Gasteiger partial charge >= 0.3 is 23.9 Å². The summed E-state index contributed by atoms with van der Waals surface area (Å²) >= 11 is 5.17. The normalized spacial score (nSPS) is 13.8. The Morgan fingerprint density at radius 2 is 1.09 bits per heavy atom. The molecule has 0 fully saturated rings. The lowest BCUT2D eigenvalue weighted by Gasteiger charge is -2.12. The van der Waals surface area contributed by atoms with Gasteiger partial charge in [-0.1, -0.05) is 0 Å². The zero-order valence-electron chi connectivity index (χ0n) is 16.5. The van der Waals surface area contributed by atoms with E-state index in [1.807, 2.05) is 0 Å². The van der Waals surface area contributed by atoms with E-state index in [2.05, 4.69) is 20.1 Å². The number of cyclic esters (lactones) is 4. The molecule has 0 radical (unpaired) electrons. The molecule has 0 amide bonds. The lowest BCUT2D eigenvalue weighted by atomic mass is 10.1. The minimum atomic E-state index is -0.686. The van der Waals surface area contributed by atoms with Crippen LogP contribution in [-0.4, -0.2) is 55.3 Å². The van der Waals surface area contributed by atoms with Crippen molar-refractivity contribution in [3.8, 4) is 11.5 Å². The maximum absolute atomic E-state index is 11.6. The third-order valence-electron chi connectivity index (χ3n) is 4.55. The summed E-state index contributed by atoms with van der Waals surface area (Å²) < 4.78 is 20.2. The summed E-state index contributed by atoms with van der Waals surface area (Å²) in [6, 6.07) is 9.07. The van der Waals surface area contributed by atoms with Crippen LogP contribution in [0.15, 0.2) is 36.4 Å². The topological polar surface area (TPSA) is 129 Å². The molecule has 2 aromatic carbocycles. The Balaban J connectivity index is 1.13. The summed E-state index contributed by atoms with van der Waals surface area (Å²) in [5.74, 6) is -1.82. The molecule has 4 rings (SSSR count). The van der Waals surface area contributed by atoms with Crippen LogP contribution in [0.2, 0.25) is 0 Å². The molecule has 11 heteroatoms. The molecule has 0 spiro atoms. The largest absolute Gasteiger partial charge is 0.492 e.